The Balaban J connectivity index is 2.26. The van der Waals surface area contributed by atoms with Gasteiger partial charge in [-0.15, -0.1) is 0 Å². The SMILES string of the molecule is CCNc1c(F)cc(C(=O)N2CCOCC2C)cc1F. The lowest BCUT2D eigenvalue weighted by molar-refractivity contribution is 0.00355. The average molecular weight is 284 g/mol. The van der Waals surface area contributed by atoms with Crippen LogP contribution < -0.4 is 5.32 Å². The fourth-order valence-corrected chi connectivity index (χ4v) is 2.24. The lowest BCUT2D eigenvalue weighted by Crippen LogP contribution is -2.47. The first-order valence-corrected chi connectivity index (χ1v) is 6.66. The summed E-state index contributed by atoms with van der Waals surface area (Å²) in [5, 5.41) is 2.60. The highest BCUT2D eigenvalue weighted by Gasteiger charge is 2.26. The predicted octanol–water partition coefficient (Wildman–Crippen LogP) is 2.26. The third-order valence-electron chi connectivity index (χ3n) is 3.27. The normalized spacial score (nSPS) is 19.0. The zero-order chi connectivity index (χ0) is 14.7. The number of morpholine rings is 1. The van der Waals surface area contributed by atoms with Crippen molar-refractivity contribution in [3.63, 3.8) is 0 Å². The molecule has 1 aliphatic heterocycles. The van der Waals surface area contributed by atoms with Gasteiger partial charge >= 0.3 is 0 Å². The number of rotatable bonds is 3. The summed E-state index contributed by atoms with van der Waals surface area (Å²) >= 11 is 0. The van der Waals surface area contributed by atoms with Crippen molar-refractivity contribution in [1.29, 1.82) is 0 Å². The molecule has 1 amide bonds. The first kappa shape index (κ1) is 14.7. The molecule has 0 bridgehead atoms. The number of nitrogens with one attached hydrogen (secondary N) is 1. The summed E-state index contributed by atoms with van der Waals surface area (Å²) in [7, 11) is 0. The highest BCUT2D eigenvalue weighted by molar-refractivity contribution is 5.95. The smallest absolute Gasteiger partial charge is 0.254 e. The highest BCUT2D eigenvalue weighted by atomic mass is 19.1. The van der Waals surface area contributed by atoms with Crippen molar-refractivity contribution >= 4 is 11.6 Å². The molecular weight excluding hydrogens is 266 g/mol. The number of amides is 1. The maximum atomic E-state index is 13.8. The van der Waals surface area contributed by atoms with E-state index in [2.05, 4.69) is 5.32 Å². The van der Waals surface area contributed by atoms with E-state index >= 15 is 0 Å². The van der Waals surface area contributed by atoms with Crippen LogP contribution in [0.2, 0.25) is 0 Å². The first-order valence-electron chi connectivity index (χ1n) is 6.66. The van der Waals surface area contributed by atoms with Gasteiger partial charge in [0.25, 0.3) is 5.91 Å². The average Bonchev–Trinajstić information content (AvgIpc) is 2.42. The summed E-state index contributed by atoms with van der Waals surface area (Å²) in [6, 6.07) is 2.05. The van der Waals surface area contributed by atoms with Gasteiger partial charge in [-0.3, -0.25) is 4.79 Å². The maximum Gasteiger partial charge on any atom is 0.254 e. The van der Waals surface area contributed by atoms with Crippen LogP contribution in [0.3, 0.4) is 0 Å². The third kappa shape index (κ3) is 2.90. The van der Waals surface area contributed by atoms with Crippen molar-refractivity contribution in [2.24, 2.45) is 0 Å². The minimum absolute atomic E-state index is 0.0235. The van der Waals surface area contributed by atoms with Crippen LogP contribution in [0.1, 0.15) is 24.2 Å². The van der Waals surface area contributed by atoms with Crippen LogP contribution in [0.25, 0.3) is 0 Å². The lowest BCUT2D eigenvalue weighted by Gasteiger charge is -2.33. The Morgan fingerprint density at radius 2 is 2.10 bits per heavy atom. The van der Waals surface area contributed by atoms with Crippen LogP contribution in [0.15, 0.2) is 12.1 Å². The van der Waals surface area contributed by atoms with Gasteiger partial charge in [0.1, 0.15) is 17.3 Å². The number of anilines is 1. The van der Waals surface area contributed by atoms with Crippen LogP contribution in [0, 0.1) is 11.6 Å². The molecule has 0 aliphatic carbocycles. The van der Waals surface area contributed by atoms with Crippen molar-refractivity contribution in [3.8, 4) is 0 Å². The molecule has 1 atom stereocenters. The molecule has 1 N–H and O–H groups in total. The predicted molar refractivity (Wildman–Crippen MR) is 71.8 cm³/mol. The van der Waals surface area contributed by atoms with E-state index < -0.39 is 11.6 Å². The van der Waals surface area contributed by atoms with Gasteiger partial charge in [-0.25, -0.2) is 8.78 Å². The minimum Gasteiger partial charge on any atom is -0.381 e. The summed E-state index contributed by atoms with van der Waals surface area (Å²) in [4.78, 5) is 13.9. The standard InChI is InChI=1S/C14H18F2N2O2/c1-3-17-13-11(15)6-10(7-12(13)16)14(19)18-4-5-20-8-9(18)2/h6-7,9,17H,3-5,8H2,1-2H3. The molecule has 2 rings (SSSR count). The van der Waals surface area contributed by atoms with Crippen LogP contribution in [0.5, 0.6) is 0 Å². The number of hydrogen-bond donors (Lipinski definition) is 1. The molecule has 0 saturated carbocycles. The summed E-state index contributed by atoms with van der Waals surface area (Å²) in [6.07, 6.45) is 0. The molecule has 4 nitrogen and oxygen atoms in total. The number of carbonyl (C=O) groups is 1. The largest absolute Gasteiger partial charge is 0.381 e. The topological polar surface area (TPSA) is 41.6 Å². The van der Waals surface area contributed by atoms with Gasteiger partial charge in [-0.05, 0) is 26.0 Å². The fraction of sp³-hybridized carbons (Fsp3) is 0.500. The van der Waals surface area contributed by atoms with Crippen LogP contribution in [0.4, 0.5) is 14.5 Å². The van der Waals surface area contributed by atoms with Gasteiger partial charge < -0.3 is 15.0 Å². The molecule has 1 heterocycles. The monoisotopic (exact) mass is 284 g/mol. The maximum absolute atomic E-state index is 13.8. The molecule has 1 fully saturated rings. The Labute approximate surface area is 116 Å². The number of benzene rings is 1. The Kier molecular flexibility index (Phi) is 4.54. The van der Waals surface area contributed by atoms with Crippen molar-refractivity contribution in [2.45, 2.75) is 19.9 Å². The molecule has 110 valence electrons. The van der Waals surface area contributed by atoms with Gasteiger partial charge in [-0.2, -0.15) is 0 Å². The van der Waals surface area contributed by atoms with Crippen LogP contribution >= 0.6 is 0 Å². The molecule has 1 unspecified atom stereocenters. The lowest BCUT2D eigenvalue weighted by atomic mass is 10.1. The Morgan fingerprint density at radius 1 is 1.45 bits per heavy atom. The molecule has 0 spiro atoms. The minimum atomic E-state index is -0.754. The van der Waals surface area contributed by atoms with Crippen molar-refractivity contribution in [3.05, 3.63) is 29.3 Å². The van der Waals surface area contributed by atoms with E-state index in [1.807, 2.05) is 6.92 Å². The molecular formula is C14H18F2N2O2. The summed E-state index contributed by atoms with van der Waals surface area (Å²) in [5.41, 5.74) is -0.172. The van der Waals surface area contributed by atoms with E-state index in [0.717, 1.165) is 12.1 Å². The Bertz CT molecular complexity index is 485. The molecule has 0 aromatic heterocycles. The molecule has 1 saturated heterocycles. The molecule has 1 aromatic rings. The molecule has 20 heavy (non-hydrogen) atoms. The van der Waals surface area contributed by atoms with E-state index in [0.29, 0.717) is 26.3 Å². The molecule has 6 heteroatoms. The second-order valence-electron chi connectivity index (χ2n) is 4.77. The van der Waals surface area contributed by atoms with E-state index in [1.165, 1.54) is 0 Å². The number of nitrogens with zero attached hydrogens (tertiary/aromatic N) is 1. The molecule has 0 radical (unpaired) electrons. The van der Waals surface area contributed by atoms with Crippen LogP contribution in [-0.2, 0) is 4.74 Å². The molecule has 1 aliphatic rings. The highest BCUT2D eigenvalue weighted by Crippen LogP contribution is 2.22. The zero-order valence-corrected chi connectivity index (χ0v) is 11.6. The van der Waals surface area contributed by atoms with Crippen LogP contribution in [-0.4, -0.2) is 43.2 Å². The van der Waals surface area contributed by atoms with Crippen molar-refractivity contribution < 1.29 is 18.3 Å². The summed E-state index contributed by atoms with van der Waals surface area (Å²) in [6.45, 7) is 5.30. The van der Waals surface area contributed by atoms with Crippen molar-refractivity contribution in [2.75, 3.05) is 31.6 Å². The van der Waals surface area contributed by atoms with Crippen molar-refractivity contribution in [1.82, 2.24) is 4.90 Å². The van der Waals surface area contributed by atoms with E-state index in [-0.39, 0.29) is 23.2 Å². The quantitative estimate of drug-likeness (QED) is 0.925. The van der Waals surface area contributed by atoms with E-state index in [9.17, 15) is 13.6 Å². The number of hydrogen-bond acceptors (Lipinski definition) is 3. The van der Waals surface area contributed by atoms with Gasteiger partial charge in [0, 0.05) is 18.7 Å². The van der Waals surface area contributed by atoms with Gasteiger partial charge in [0.2, 0.25) is 0 Å². The van der Waals surface area contributed by atoms with Gasteiger partial charge in [0.15, 0.2) is 0 Å². The third-order valence-corrected chi connectivity index (χ3v) is 3.27. The summed E-state index contributed by atoms with van der Waals surface area (Å²) in [5.74, 6) is -1.88. The van der Waals surface area contributed by atoms with E-state index in [4.69, 9.17) is 4.74 Å². The van der Waals surface area contributed by atoms with E-state index in [1.54, 1.807) is 11.8 Å². The molecule has 1 aromatic carbocycles. The van der Waals surface area contributed by atoms with Gasteiger partial charge in [0.05, 0.1) is 19.3 Å². The Morgan fingerprint density at radius 3 is 2.65 bits per heavy atom. The second kappa shape index (κ2) is 6.17. The first-order chi connectivity index (χ1) is 9.54. The number of ether oxygens (including phenoxy) is 1. The summed E-state index contributed by atoms with van der Waals surface area (Å²) < 4.78 is 32.9. The Hall–Kier alpha value is -1.69. The van der Waals surface area contributed by atoms with Gasteiger partial charge in [-0.1, -0.05) is 0 Å². The number of carbonyl (C=O) groups excluding carboxylic acids is 1. The zero-order valence-electron chi connectivity index (χ0n) is 11.6. The fourth-order valence-electron chi connectivity index (χ4n) is 2.24. The second-order valence-corrected chi connectivity index (χ2v) is 4.77. The number of halogens is 2.